The number of aromatic nitrogens is 2. The fraction of sp³-hybridized carbons (Fsp3) is 0.667. The fourth-order valence-corrected chi connectivity index (χ4v) is 2.00. The number of H-pyrrole nitrogens is 1. The maximum absolute atomic E-state index is 5.61. The largest absolute Gasteiger partial charge is 0.369 e. The van der Waals surface area contributed by atoms with Crippen LogP contribution < -0.4 is 5.73 Å². The minimum Gasteiger partial charge on any atom is -0.369 e. The lowest BCUT2D eigenvalue weighted by molar-refractivity contribution is 0.419. The molecule has 0 amide bonds. The number of anilines is 1. The molecule has 0 fully saturated rings. The second-order valence-corrected chi connectivity index (χ2v) is 4.19. The van der Waals surface area contributed by atoms with Crippen molar-refractivity contribution < 1.29 is 0 Å². The first-order valence-corrected chi connectivity index (χ1v) is 4.44. The molecule has 0 unspecified atom stereocenters. The van der Waals surface area contributed by atoms with E-state index in [-0.39, 0.29) is 5.41 Å². The maximum atomic E-state index is 5.61. The Hall–Kier alpha value is -0.990. The standard InChI is InChI=1S/C9H15N3/c1-9(2)5-3-4-6-7(9)12-8(10)11-6/h3-5H2,1-2H3,(H3,10,11,12). The number of nitrogens with two attached hydrogens (primary N) is 1. The smallest absolute Gasteiger partial charge is 0.197 e. The summed E-state index contributed by atoms with van der Waals surface area (Å²) in [7, 11) is 0. The van der Waals surface area contributed by atoms with Crippen LogP contribution in [0, 0.1) is 0 Å². The van der Waals surface area contributed by atoms with Gasteiger partial charge in [0.2, 0.25) is 0 Å². The lowest BCUT2D eigenvalue weighted by atomic mass is 9.78. The molecule has 3 N–H and O–H groups in total. The van der Waals surface area contributed by atoms with Gasteiger partial charge in [-0.1, -0.05) is 13.8 Å². The van der Waals surface area contributed by atoms with Gasteiger partial charge in [0.05, 0.1) is 5.69 Å². The molecular weight excluding hydrogens is 150 g/mol. The molecule has 3 nitrogen and oxygen atoms in total. The van der Waals surface area contributed by atoms with E-state index in [0.29, 0.717) is 5.95 Å². The van der Waals surface area contributed by atoms with E-state index in [9.17, 15) is 0 Å². The number of aromatic amines is 1. The third-order valence-electron chi connectivity index (χ3n) is 2.67. The molecule has 3 heteroatoms. The van der Waals surface area contributed by atoms with Gasteiger partial charge in [-0.25, -0.2) is 4.98 Å². The first kappa shape index (κ1) is 7.65. The predicted molar refractivity (Wildman–Crippen MR) is 49.0 cm³/mol. The lowest BCUT2D eigenvalue weighted by Gasteiger charge is -2.27. The number of fused-ring (bicyclic) bond motifs is 1. The Labute approximate surface area is 72.4 Å². The van der Waals surface area contributed by atoms with Gasteiger partial charge in [0.1, 0.15) is 0 Å². The number of imidazole rings is 1. The van der Waals surface area contributed by atoms with Crippen LogP contribution in [0.4, 0.5) is 5.95 Å². The van der Waals surface area contributed by atoms with E-state index in [4.69, 9.17) is 5.73 Å². The summed E-state index contributed by atoms with van der Waals surface area (Å²) in [5, 5.41) is 0. The summed E-state index contributed by atoms with van der Waals surface area (Å²) in [6, 6.07) is 0. The third-order valence-corrected chi connectivity index (χ3v) is 2.67. The van der Waals surface area contributed by atoms with E-state index in [0.717, 1.165) is 6.42 Å². The third kappa shape index (κ3) is 1.00. The lowest BCUT2D eigenvalue weighted by Crippen LogP contribution is -2.23. The Morgan fingerprint density at radius 3 is 2.92 bits per heavy atom. The van der Waals surface area contributed by atoms with Crippen molar-refractivity contribution in [2.75, 3.05) is 5.73 Å². The molecule has 0 aliphatic heterocycles. The molecule has 0 atom stereocenters. The number of nitrogens with one attached hydrogen (secondary N) is 1. The highest BCUT2D eigenvalue weighted by molar-refractivity contribution is 5.32. The van der Waals surface area contributed by atoms with Crippen LogP contribution in [0.2, 0.25) is 0 Å². The number of rotatable bonds is 0. The highest BCUT2D eigenvalue weighted by Crippen LogP contribution is 2.35. The number of hydrogen-bond donors (Lipinski definition) is 2. The molecule has 0 aromatic carbocycles. The summed E-state index contributed by atoms with van der Waals surface area (Å²) in [4.78, 5) is 7.44. The van der Waals surface area contributed by atoms with Gasteiger partial charge in [0, 0.05) is 11.1 Å². The van der Waals surface area contributed by atoms with Crippen molar-refractivity contribution in [1.82, 2.24) is 9.97 Å². The highest BCUT2D eigenvalue weighted by Gasteiger charge is 2.30. The Bertz CT molecular complexity index is 299. The highest BCUT2D eigenvalue weighted by atomic mass is 15.0. The van der Waals surface area contributed by atoms with Crippen LogP contribution in [0.5, 0.6) is 0 Å². The van der Waals surface area contributed by atoms with E-state index in [1.54, 1.807) is 0 Å². The van der Waals surface area contributed by atoms with Crippen molar-refractivity contribution in [2.24, 2.45) is 0 Å². The summed E-state index contributed by atoms with van der Waals surface area (Å²) >= 11 is 0. The van der Waals surface area contributed by atoms with E-state index < -0.39 is 0 Å². The number of nitrogen functional groups attached to an aromatic ring is 1. The van der Waals surface area contributed by atoms with Gasteiger partial charge in [-0.2, -0.15) is 0 Å². The SMILES string of the molecule is CC1(C)CCCc2[nH]c(N)nc21. The molecule has 1 aromatic heterocycles. The van der Waals surface area contributed by atoms with Gasteiger partial charge in [0.25, 0.3) is 0 Å². The average molecular weight is 165 g/mol. The minimum absolute atomic E-state index is 0.210. The van der Waals surface area contributed by atoms with Crippen molar-refractivity contribution in [3.63, 3.8) is 0 Å². The quantitative estimate of drug-likeness (QED) is 0.613. The van der Waals surface area contributed by atoms with Crippen molar-refractivity contribution in [2.45, 2.75) is 38.5 Å². The van der Waals surface area contributed by atoms with Crippen LogP contribution in [-0.4, -0.2) is 9.97 Å². The molecular formula is C9H15N3. The van der Waals surface area contributed by atoms with Gasteiger partial charge < -0.3 is 10.7 Å². The Morgan fingerprint density at radius 2 is 2.25 bits per heavy atom. The molecule has 1 aliphatic rings. The van der Waals surface area contributed by atoms with Crippen LogP contribution in [0.25, 0.3) is 0 Å². The van der Waals surface area contributed by atoms with Crippen LogP contribution in [0.3, 0.4) is 0 Å². The first-order chi connectivity index (χ1) is 5.59. The second-order valence-electron chi connectivity index (χ2n) is 4.19. The molecule has 0 saturated carbocycles. The summed E-state index contributed by atoms with van der Waals surface area (Å²) < 4.78 is 0. The van der Waals surface area contributed by atoms with Gasteiger partial charge in [-0.3, -0.25) is 0 Å². The molecule has 2 rings (SSSR count). The van der Waals surface area contributed by atoms with E-state index >= 15 is 0 Å². The van der Waals surface area contributed by atoms with Crippen molar-refractivity contribution >= 4 is 5.95 Å². The number of aryl methyl sites for hydroxylation is 1. The Kier molecular flexibility index (Phi) is 1.43. The first-order valence-electron chi connectivity index (χ1n) is 4.44. The molecule has 66 valence electrons. The summed E-state index contributed by atoms with van der Waals surface area (Å²) in [5.74, 6) is 0.565. The van der Waals surface area contributed by atoms with E-state index in [1.807, 2.05) is 0 Å². The molecule has 1 aromatic rings. The van der Waals surface area contributed by atoms with Gasteiger partial charge >= 0.3 is 0 Å². The van der Waals surface area contributed by atoms with Crippen LogP contribution in [0.1, 0.15) is 38.1 Å². The molecule has 12 heavy (non-hydrogen) atoms. The zero-order chi connectivity index (χ0) is 8.77. The number of nitrogens with zero attached hydrogens (tertiary/aromatic N) is 1. The average Bonchev–Trinajstić information content (AvgIpc) is 2.30. The number of hydrogen-bond acceptors (Lipinski definition) is 2. The minimum atomic E-state index is 0.210. The molecule has 1 heterocycles. The summed E-state index contributed by atoms with van der Waals surface area (Å²) in [5.41, 5.74) is 8.23. The second kappa shape index (κ2) is 2.25. The van der Waals surface area contributed by atoms with Crippen molar-refractivity contribution in [3.8, 4) is 0 Å². The Balaban J connectivity index is 2.51. The summed E-state index contributed by atoms with van der Waals surface area (Å²) in [6.45, 7) is 4.45. The summed E-state index contributed by atoms with van der Waals surface area (Å²) in [6.07, 6.45) is 3.55. The fourth-order valence-electron chi connectivity index (χ4n) is 2.00. The molecule has 1 aliphatic carbocycles. The molecule has 0 radical (unpaired) electrons. The van der Waals surface area contributed by atoms with Crippen LogP contribution >= 0.6 is 0 Å². The van der Waals surface area contributed by atoms with Gasteiger partial charge in [0.15, 0.2) is 5.95 Å². The monoisotopic (exact) mass is 165 g/mol. The van der Waals surface area contributed by atoms with Gasteiger partial charge in [-0.15, -0.1) is 0 Å². The molecule has 0 spiro atoms. The van der Waals surface area contributed by atoms with Crippen LogP contribution in [-0.2, 0) is 11.8 Å². The zero-order valence-corrected chi connectivity index (χ0v) is 7.65. The zero-order valence-electron chi connectivity index (χ0n) is 7.65. The van der Waals surface area contributed by atoms with Gasteiger partial charge in [-0.05, 0) is 19.3 Å². The molecule has 0 bridgehead atoms. The van der Waals surface area contributed by atoms with E-state index in [2.05, 4.69) is 23.8 Å². The van der Waals surface area contributed by atoms with E-state index in [1.165, 1.54) is 24.2 Å². The molecule has 0 saturated heterocycles. The van der Waals surface area contributed by atoms with Crippen molar-refractivity contribution in [1.29, 1.82) is 0 Å². The normalized spacial score (nSPS) is 20.5. The van der Waals surface area contributed by atoms with Crippen molar-refractivity contribution in [3.05, 3.63) is 11.4 Å². The maximum Gasteiger partial charge on any atom is 0.197 e. The van der Waals surface area contributed by atoms with Crippen LogP contribution in [0.15, 0.2) is 0 Å². The topological polar surface area (TPSA) is 54.7 Å². The Morgan fingerprint density at radius 1 is 1.50 bits per heavy atom. The predicted octanol–water partition coefficient (Wildman–Crippen LogP) is 1.61.